The van der Waals surface area contributed by atoms with Crippen LogP contribution in [0.3, 0.4) is 0 Å². The van der Waals surface area contributed by atoms with Gasteiger partial charge in [-0.1, -0.05) is 13.8 Å². The first kappa shape index (κ1) is 13.3. The van der Waals surface area contributed by atoms with Crippen LogP contribution in [0.2, 0.25) is 0 Å². The van der Waals surface area contributed by atoms with Crippen molar-refractivity contribution in [2.45, 2.75) is 51.6 Å². The van der Waals surface area contributed by atoms with Crippen molar-refractivity contribution in [3.63, 3.8) is 0 Å². The quantitative estimate of drug-likeness (QED) is 0.853. The molecule has 5 heteroatoms. The molecular formula is C14H23N3OS. The Bertz CT molecular complexity index is 407. The van der Waals surface area contributed by atoms with Gasteiger partial charge in [0.2, 0.25) is 5.13 Å². The van der Waals surface area contributed by atoms with E-state index in [0.717, 1.165) is 36.6 Å². The zero-order valence-corrected chi connectivity index (χ0v) is 12.7. The topological polar surface area (TPSA) is 38.2 Å². The largest absolute Gasteiger partial charge is 0.378 e. The van der Waals surface area contributed by atoms with E-state index in [0.29, 0.717) is 12.0 Å². The number of piperidine rings is 1. The van der Waals surface area contributed by atoms with E-state index in [1.54, 1.807) is 11.5 Å². The molecule has 1 aromatic rings. The lowest BCUT2D eigenvalue weighted by Crippen LogP contribution is -2.37. The number of nitrogens with zero attached hydrogens (tertiary/aromatic N) is 3. The lowest BCUT2D eigenvalue weighted by atomic mass is 9.90. The summed E-state index contributed by atoms with van der Waals surface area (Å²) in [5, 5.41) is 1.11. The molecule has 0 aliphatic carbocycles. The fourth-order valence-electron chi connectivity index (χ4n) is 3.03. The molecule has 1 aromatic heterocycles. The molecule has 0 aromatic carbocycles. The average Bonchev–Trinajstić information content (AvgIpc) is 3.11. The highest BCUT2D eigenvalue weighted by Gasteiger charge is 2.30. The van der Waals surface area contributed by atoms with Gasteiger partial charge in [-0.05, 0) is 31.6 Å². The second-order valence-electron chi connectivity index (χ2n) is 5.97. The molecule has 2 aliphatic heterocycles. The van der Waals surface area contributed by atoms with Crippen molar-refractivity contribution >= 4 is 16.7 Å². The van der Waals surface area contributed by atoms with Gasteiger partial charge in [-0.25, -0.2) is 4.98 Å². The molecule has 3 heterocycles. The Morgan fingerprint density at radius 3 is 2.63 bits per heavy atom. The number of ether oxygens (including phenoxy) is 1. The van der Waals surface area contributed by atoms with Crippen molar-refractivity contribution in [3.8, 4) is 0 Å². The number of hydrogen-bond acceptors (Lipinski definition) is 5. The number of aromatic nitrogens is 2. The van der Waals surface area contributed by atoms with Crippen molar-refractivity contribution in [3.05, 3.63) is 5.82 Å². The zero-order chi connectivity index (χ0) is 13.2. The third-order valence-corrected chi connectivity index (χ3v) is 5.04. The van der Waals surface area contributed by atoms with Crippen molar-refractivity contribution < 1.29 is 4.74 Å². The summed E-state index contributed by atoms with van der Waals surface area (Å²) in [7, 11) is 0. The third-order valence-electron chi connectivity index (χ3n) is 4.25. The second kappa shape index (κ2) is 5.75. The van der Waals surface area contributed by atoms with Crippen molar-refractivity contribution in [2.24, 2.45) is 5.92 Å². The van der Waals surface area contributed by atoms with E-state index in [9.17, 15) is 0 Å². The van der Waals surface area contributed by atoms with Gasteiger partial charge in [0.15, 0.2) is 0 Å². The van der Waals surface area contributed by atoms with Crippen LogP contribution in [0.5, 0.6) is 0 Å². The number of hydrogen-bond donors (Lipinski definition) is 0. The van der Waals surface area contributed by atoms with E-state index in [1.165, 1.54) is 25.7 Å². The van der Waals surface area contributed by atoms with Gasteiger partial charge in [0.05, 0.1) is 6.10 Å². The minimum atomic E-state index is 0.425. The minimum absolute atomic E-state index is 0.425. The molecule has 0 radical (unpaired) electrons. The Balaban J connectivity index is 1.56. The normalized spacial score (nSPS) is 25.4. The molecule has 1 atom stereocenters. The Morgan fingerprint density at radius 2 is 2.05 bits per heavy atom. The highest BCUT2D eigenvalue weighted by Crippen LogP contribution is 2.31. The van der Waals surface area contributed by atoms with Crippen molar-refractivity contribution in [1.82, 2.24) is 9.36 Å². The SMILES string of the molecule is CC(C)c1nsc(N2CCC(C3CCCO3)CC2)n1. The van der Waals surface area contributed by atoms with Crippen LogP contribution in [0.4, 0.5) is 5.13 Å². The molecule has 19 heavy (non-hydrogen) atoms. The van der Waals surface area contributed by atoms with Crippen LogP contribution in [0.15, 0.2) is 0 Å². The van der Waals surface area contributed by atoms with E-state index < -0.39 is 0 Å². The summed E-state index contributed by atoms with van der Waals surface area (Å²) < 4.78 is 10.3. The van der Waals surface area contributed by atoms with E-state index in [-0.39, 0.29) is 0 Å². The third kappa shape index (κ3) is 2.92. The Morgan fingerprint density at radius 1 is 1.26 bits per heavy atom. The molecule has 2 aliphatic rings. The molecule has 3 rings (SSSR count). The summed E-state index contributed by atoms with van der Waals surface area (Å²) in [6.45, 7) is 7.48. The van der Waals surface area contributed by atoms with Crippen LogP contribution >= 0.6 is 11.5 Å². The van der Waals surface area contributed by atoms with Gasteiger partial charge >= 0.3 is 0 Å². The van der Waals surface area contributed by atoms with Gasteiger partial charge in [-0.15, -0.1) is 0 Å². The van der Waals surface area contributed by atoms with E-state index >= 15 is 0 Å². The summed E-state index contributed by atoms with van der Waals surface area (Å²) in [5.41, 5.74) is 0. The summed E-state index contributed by atoms with van der Waals surface area (Å²) >= 11 is 1.55. The summed E-state index contributed by atoms with van der Waals surface area (Å²) in [4.78, 5) is 7.06. The molecule has 0 N–H and O–H groups in total. The van der Waals surface area contributed by atoms with Gasteiger partial charge in [-0.2, -0.15) is 4.37 Å². The molecule has 1 unspecified atom stereocenters. The minimum Gasteiger partial charge on any atom is -0.378 e. The molecule has 2 saturated heterocycles. The van der Waals surface area contributed by atoms with Gasteiger partial charge < -0.3 is 9.64 Å². The highest BCUT2D eigenvalue weighted by atomic mass is 32.1. The highest BCUT2D eigenvalue weighted by molar-refractivity contribution is 7.09. The molecule has 0 saturated carbocycles. The Kier molecular flexibility index (Phi) is 4.03. The first-order chi connectivity index (χ1) is 9.24. The van der Waals surface area contributed by atoms with Crippen LogP contribution in [0.25, 0.3) is 0 Å². The first-order valence-electron chi connectivity index (χ1n) is 7.44. The van der Waals surface area contributed by atoms with Gasteiger partial charge in [0.1, 0.15) is 5.82 Å². The van der Waals surface area contributed by atoms with Gasteiger partial charge in [0, 0.05) is 37.1 Å². The predicted molar refractivity (Wildman–Crippen MR) is 77.9 cm³/mol. The predicted octanol–water partition coefficient (Wildman–Crippen LogP) is 3.06. The van der Waals surface area contributed by atoms with Crippen molar-refractivity contribution in [1.29, 1.82) is 0 Å². The van der Waals surface area contributed by atoms with Crippen LogP contribution in [0.1, 0.15) is 51.3 Å². The van der Waals surface area contributed by atoms with E-state index in [1.807, 2.05) is 0 Å². The second-order valence-corrected chi connectivity index (χ2v) is 6.70. The maximum atomic E-state index is 5.83. The standard InChI is InChI=1S/C14H23N3OS/c1-10(2)13-15-14(19-16-13)17-7-5-11(6-8-17)12-4-3-9-18-12/h10-12H,3-9H2,1-2H3. The van der Waals surface area contributed by atoms with E-state index in [4.69, 9.17) is 4.74 Å². The lowest BCUT2D eigenvalue weighted by molar-refractivity contribution is 0.0531. The maximum absolute atomic E-state index is 5.83. The molecule has 2 fully saturated rings. The lowest BCUT2D eigenvalue weighted by Gasteiger charge is -2.34. The summed E-state index contributed by atoms with van der Waals surface area (Å²) in [6.07, 6.45) is 5.52. The smallest absolute Gasteiger partial charge is 0.205 e. The maximum Gasteiger partial charge on any atom is 0.205 e. The van der Waals surface area contributed by atoms with Crippen LogP contribution < -0.4 is 4.90 Å². The average molecular weight is 281 g/mol. The van der Waals surface area contributed by atoms with Crippen molar-refractivity contribution in [2.75, 3.05) is 24.6 Å². The number of rotatable bonds is 3. The van der Waals surface area contributed by atoms with E-state index in [2.05, 4.69) is 28.1 Å². The van der Waals surface area contributed by atoms with Crippen LogP contribution in [0, 0.1) is 5.92 Å². The van der Waals surface area contributed by atoms with Gasteiger partial charge in [-0.3, -0.25) is 0 Å². The number of anilines is 1. The molecule has 0 amide bonds. The Labute approximate surface area is 119 Å². The zero-order valence-electron chi connectivity index (χ0n) is 11.8. The Hall–Kier alpha value is -0.680. The monoisotopic (exact) mass is 281 g/mol. The molecule has 0 spiro atoms. The molecule has 4 nitrogen and oxygen atoms in total. The fourth-order valence-corrected chi connectivity index (χ4v) is 3.89. The summed E-state index contributed by atoms with van der Waals surface area (Å²) in [6, 6.07) is 0. The summed E-state index contributed by atoms with van der Waals surface area (Å²) in [5.74, 6) is 2.17. The molecular weight excluding hydrogens is 258 g/mol. The first-order valence-corrected chi connectivity index (χ1v) is 8.21. The molecule has 106 valence electrons. The fraction of sp³-hybridized carbons (Fsp3) is 0.857. The van der Waals surface area contributed by atoms with Crippen LogP contribution in [-0.2, 0) is 4.74 Å². The van der Waals surface area contributed by atoms with Crippen LogP contribution in [-0.4, -0.2) is 35.2 Å². The molecule has 0 bridgehead atoms. The van der Waals surface area contributed by atoms with Gasteiger partial charge in [0.25, 0.3) is 0 Å².